The molecule has 0 N–H and O–H groups in total. The number of hydrogen-bond donors (Lipinski definition) is 0. The van der Waals surface area contributed by atoms with Gasteiger partial charge in [-0.1, -0.05) is 120 Å². The average molecular weight is 691 g/mol. The van der Waals surface area contributed by atoms with Gasteiger partial charge in [0, 0.05) is 38.2 Å². The van der Waals surface area contributed by atoms with Crippen LogP contribution < -0.4 is 27.3 Å². The monoisotopic (exact) mass is 691 g/mol. The van der Waals surface area contributed by atoms with E-state index in [0.29, 0.717) is 28.6 Å². The zero-order valence-corrected chi connectivity index (χ0v) is 29.2. The minimum absolute atomic E-state index is 0.168. The highest BCUT2D eigenvalue weighted by Crippen LogP contribution is 2.40. The van der Waals surface area contributed by atoms with Crippen LogP contribution >= 0.6 is 0 Å². The van der Waals surface area contributed by atoms with E-state index in [-0.39, 0.29) is 27.3 Å². The molecule has 244 valence electrons. The van der Waals surface area contributed by atoms with Crippen LogP contribution in [0.1, 0.15) is 0 Å². The first-order valence-corrected chi connectivity index (χ1v) is 17.6. The molecule has 0 aliphatic heterocycles. The zero-order chi connectivity index (χ0) is 37.4. The summed E-state index contributed by atoms with van der Waals surface area (Å²) >= 11 is 0. The first kappa shape index (κ1) is 33.1. The van der Waals surface area contributed by atoms with Crippen LogP contribution in [0, 0.1) is 0 Å². The summed E-state index contributed by atoms with van der Waals surface area (Å²) in [4.78, 5) is 14.9. The van der Waals surface area contributed by atoms with E-state index in [1.165, 1.54) is 0 Å². The number of benzene rings is 7. The highest BCUT2D eigenvalue weighted by atomic mass is 16.3. The van der Waals surface area contributed by atoms with Crippen molar-refractivity contribution < 1.29 is 8.83 Å². The summed E-state index contributed by atoms with van der Waals surface area (Å²) in [5.74, 6) is 1.46. The van der Waals surface area contributed by atoms with Gasteiger partial charge in [-0.15, -0.1) is 16.4 Å². The summed E-state index contributed by atoms with van der Waals surface area (Å²) in [6.45, 7) is 0. The molecular formula is C45H22B5N3O2. The summed E-state index contributed by atoms with van der Waals surface area (Å²) in [6, 6.07) is 44.0. The predicted octanol–water partition coefficient (Wildman–Crippen LogP) is 5.97. The van der Waals surface area contributed by atoms with Gasteiger partial charge in [-0.05, 0) is 41.0 Å². The normalized spacial score (nSPS) is 11.6. The Hall–Kier alpha value is -6.53. The first-order chi connectivity index (χ1) is 26.8. The van der Waals surface area contributed by atoms with E-state index in [9.17, 15) is 0 Å². The molecule has 0 spiro atoms. The molecule has 0 saturated carbocycles. The minimum atomic E-state index is 0.168. The van der Waals surface area contributed by atoms with Crippen LogP contribution in [-0.4, -0.2) is 54.2 Å². The van der Waals surface area contributed by atoms with Crippen LogP contribution in [0.5, 0.6) is 0 Å². The van der Waals surface area contributed by atoms with E-state index >= 15 is 0 Å². The van der Waals surface area contributed by atoms with E-state index in [1.807, 2.05) is 91.0 Å². The predicted molar refractivity (Wildman–Crippen MR) is 229 cm³/mol. The third kappa shape index (κ3) is 5.35. The first-order valence-electron chi connectivity index (χ1n) is 17.6. The second-order valence-electron chi connectivity index (χ2n) is 13.5. The Balaban J connectivity index is 1.11. The van der Waals surface area contributed by atoms with Gasteiger partial charge in [-0.2, -0.15) is 0 Å². The highest BCUT2D eigenvalue weighted by Gasteiger charge is 2.20. The molecule has 10 rings (SSSR count). The molecule has 0 bridgehead atoms. The maximum Gasteiger partial charge on any atom is 0.167 e. The molecule has 5 nitrogen and oxygen atoms in total. The van der Waals surface area contributed by atoms with E-state index in [4.69, 9.17) is 63.0 Å². The smallest absolute Gasteiger partial charge is 0.167 e. The molecule has 7 aromatic carbocycles. The molecule has 10 aromatic rings. The van der Waals surface area contributed by atoms with E-state index < -0.39 is 0 Å². The number of rotatable bonds is 5. The molecule has 10 heteroatoms. The van der Waals surface area contributed by atoms with Crippen molar-refractivity contribution in [2.24, 2.45) is 0 Å². The summed E-state index contributed by atoms with van der Waals surface area (Å²) in [7, 11) is 31.1. The van der Waals surface area contributed by atoms with Gasteiger partial charge >= 0.3 is 0 Å². The third-order valence-electron chi connectivity index (χ3n) is 10.3. The zero-order valence-electron chi connectivity index (χ0n) is 29.2. The van der Waals surface area contributed by atoms with E-state index in [0.717, 1.165) is 71.7 Å². The molecule has 0 aliphatic carbocycles. The fourth-order valence-electron chi connectivity index (χ4n) is 7.41. The van der Waals surface area contributed by atoms with Gasteiger partial charge in [-0.3, -0.25) is 0 Å². The van der Waals surface area contributed by atoms with Crippen molar-refractivity contribution >= 4 is 110 Å². The van der Waals surface area contributed by atoms with Crippen LogP contribution in [0.2, 0.25) is 0 Å². The lowest BCUT2D eigenvalue weighted by Gasteiger charge is -2.21. The van der Waals surface area contributed by atoms with Crippen LogP contribution in [0.15, 0.2) is 142 Å². The van der Waals surface area contributed by atoms with Crippen LogP contribution in [0.3, 0.4) is 0 Å². The van der Waals surface area contributed by atoms with Crippen molar-refractivity contribution in [3.63, 3.8) is 0 Å². The van der Waals surface area contributed by atoms with Crippen molar-refractivity contribution in [3.05, 3.63) is 133 Å². The van der Waals surface area contributed by atoms with Crippen molar-refractivity contribution in [2.45, 2.75) is 0 Å². The third-order valence-corrected chi connectivity index (χ3v) is 10.3. The lowest BCUT2D eigenvalue weighted by atomic mass is 9.59. The fourth-order valence-corrected chi connectivity index (χ4v) is 7.41. The molecule has 55 heavy (non-hydrogen) atoms. The molecular weight excluding hydrogens is 669 g/mol. The second-order valence-corrected chi connectivity index (χ2v) is 13.5. The minimum Gasteiger partial charge on any atom is -0.455 e. The summed E-state index contributed by atoms with van der Waals surface area (Å²) in [5, 5.41) is 4.08. The summed E-state index contributed by atoms with van der Waals surface area (Å²) in [5.41, 5.74) is 9.83. The van der Waals surface area contributed by atoms with Crippen LogP contribution in [0.25, 0.3) is 100 Å². The SMILES string of the molecule is [B]c1c([B])c([B])c(-c2ccc(-c3nc(-c4ccccc4)nc(-c4cccc5c4oc4ccc(-c6cccc7c6oc6ccccc67)cc45)n3)cc2)c([B])c1[B]. The molecule has 0 saturated heterocycles. The Morgan fingerprint density at radius 2 is 0.836 bits per heavy atom. The number of furan rings is 2. The number of para-hydroxylation sites is 3. The van der Waals surface area contributed by atoms with E-state index in [1.54, 1.807) is 0 Å². The van der Waals surface area contributed by atoms with Crippen molar-refractivity contribution in [2.75, 3.05) is 0 Å². The fraction of sp³-hybridized carbons (Fsp3) is 0. The molecule has 0 fully saturated rings. The Labute approximate surface area is 322 Å². The number of nitrogens with zero attached hydrogens (tertiary/aromatic N) is 3. The van der Waals surface area contributed by atoms with Gasteiger partial charge in [0.1, 0.15) is 61.6 Å². The topological polar surface area (TPSA) is 65.0 Å². The summed E-state index contributed by atoms with van der Waals surface area (Å²) in [6.07, 6.45) is 0. The van der Waals surface area contributed by atoms with Gasteiger partial charge in [0.15, 0.2) is 17.5 Å². The number of hydrogen-bond acceptors (Lipinski definition) is 5. The van der Waals surface area contributed by atoms with Crippen LogP contribution in [-0.2, 0) is 0 Å². The van der Waals surface area contributed by atoms with Gasteiger partial charge in [0.2, 0.25) is 0 Å². The Kier molecular flexibility index (Phi) is 7.70. The largest absolute Gasteiger partial charge is 0.455 e. The van der Waals surface area contributed by atoms with Crippen LogP contribution in [0.4, 0.5) is 0 Å². The maximum absolute atomic E-state index is 6.59. The van der Waals surface area contributed by atoms with Gasteiger partial charge in [-0.25, -0.2) is 15.0 Å². The Bertz CT molecular complexity index is 3130. The highest BCUT2D eigenvalue weighted by molar-refractivity contribution is 6.68. The average Bonchev–Trinajstić information content (AvgIpc) is 3.81. The molecule has 0 amide bonds. The second kappa shape index (κ2) is 12.8. The Morgan fingerprint density at radius 1 is 0.345 bits per heavy atom. The van der Waals surface area contributed by atoms with Gasteiger partial charge < -0.3 is 8.83 Å². The Morgan fingerprint density at radius 3 is 1.55 bits per heavy atom. The molecule has 0 aliphatic rings. The lowest BCUT2D eigenvalue weighted by Crippen LogP contribution is -2.55. The van der Waals surface area contributed by atoms with Crippen molar-refractivity contribution in [3.8, 4) is 56.4 Å². The molecule has 0 atom stereocenters. The quantitative estimate of drug-likeness (QED) is 0.208. The van der Waals surface area contributed by atoms with Crippen molar-refractivity contribution in [1.82, 2.24) is 15.0 Å². The molecule has 10 radical (unpaired) electrons. The lowest BCUT2D eigenvalue weighted by molar-refractivity contribution is 0.668. The molecule has 0 unspecified atom stereocenters. The maximum atomic E-state index is 6.59. The number of aromatic nitrogens is 3. The molecule has 3 heterocycles. The summed E-state index contributed by atoms with van der Waals surface area (Å²) < 4.78 is 13.0. The standard InChI is InChI=1S/C45H22B5N3O2/c46-36-35(37(47)39(49)40(50)38(36)48)23-16-18-25(19-17-23)44-51-43(24-8-2-1-3-9-24)52-45(53-44)31-14-7-13-30-32-22-26(20-21-34(32)55-42(30)31)27-11-6-12-29-28-10-4-5-15-33(28)54-41(27)29/h1-22H. The van der Waals surface area contributed by atoms with Gasteiger partial charge in [0.05, 0.1) is 5.56 Å². The van der Waals surface area contributed by atoms with Crippen molar-refractivity contribution in [1.29, 1.82) is 0 Å². The molecule has 3 aromatic heterocycles. The number of fused-ring (bicyclic) bond motifs is 6. The van der Waals surface area contributed by atoms with E-state index in [2.05, 4.69) is 42.5 Å². The van der Waals surface area contributed by atoms with Gasteiger partial charge in [0.25, 0.3) is 0 Å².